The first-order valence-electron chi connectivity index (χ1n) is 15.7. The molecule has 0 spiro atoms. The summed E-state index contributed by atoms with van der Waals surface area (Å²) in [6, 6.07) is -2.08. The van der Waals surface area contributed by atoms with Gasteiger partial charge in [-0.1, -0.05) is 0 Å². The zero-order valence-electron chi connectivity index (χ0n) is 27.8. The van der Waals surface area contributed by atoms with E-state index in [0.29, 0.717) is 0 Å². The van der Waals surface area contributed by atoms with Crippen LogP contribution in [0, 0.1) is 0 Å². The summed E-state index contributed by atoms with van der Waals surface area (Å²) in [6.07, 6.45) is -1.45. The normalized spacial score (nSPS) is 18.8. The van der Waals surface area contributed by atoms with Crippen molar-refractivity contribution in [2.45, 2.75) is 69.7 Å². The second-order valence-electron chi connectivity index (χ2n) is 11.2. The molecule has 0 radical (unpaired) electrons. The maximum atomic E-state index is 12.6. The van der Waals surface area contributed by atoms with E-state index in [2.05, 4.69) is 37.2 Å². The Balaban J connectivity index is 1.71. The third-order valence-electron chi connectivity index (χ3n) is 7.78. The Morgan fingerprint density at radius 1 is 0.688 bits per heavy atom. The Bertz CT molecular complexity index is 1150. The summed E-state index contributed by atoms with van der Waals surface area (Å²) < 4.78 is 5.00. The second kappa shape index (κ2) is 20.0. The van der Waals surface area contributed by atoms with Gasteiger partial charge >= 0.3 is 0 Å². The molecule has 0 aliphatic carbocycles. The van der Waals surface area contributed by atoms with Crippen molar-refractivity contribution in [1.82, 2.24) is 47.0 Å². The number of likely N-dealkylation sites (tertiary alicyclic amines) is 2. The van der Waals surface area contributed by atoms with Crippen molar-refractivity contribution in [2.24, 2.45) is 0 Å². The van der Waals surface area contributed by atoms with Crippen molar-refractivity contribution < 1.29 is 47.9 Å². The van der Waals surface area contributed by atoms with Gasteiger partial charge in [-0.15, -0.1) is 0 Å². The molecule has 2 rings (SSSR count). The van der Waals surface area contributed by atoms with E-state index in [9.17, 15) is 43.2 Å². The highest BCUT2D eigenvalue weighted by Gasteiger charge is 2.38. The number of carbonyl (C=O) groups excluding carboxylic acids is 9. The van der Waals surface area contributed by atoms with E-state index in [1.165, 1.54) is 14.0 Å². The first kappa shape index (κ1) is 39.7. The van der Waals surface area contributed by atoms with Crippen LogP contribution >= 0.6 is 0 Å². The molecular weight excluding hydrogens is 634 g/mol. The Morgan fingerprint density at radius 2 is 1.06 bits per heavy atom. The number of amides is 9. The fourth-order valence-corrected chi connectivity index (χ4v) is 4.89. The summed E-state index contributed by atoms with van der Waals surface area (Å²) in [5.41, 5.74) is 0. The topological polar surface area (TPSA) is 254 Å². The van der Waals surface area contributed by atoms with Crippen molar-refractivity contribution >= 4 is 53.2 Å². The standard InChI is InChI=1S/C29H47N9O10/c1-17(48-4)27(45)36-18(13-23(41)34-9-7-32-21(39)5-11-37-25(43)15-19(30-2)28(37)46)14-24(42)35-10-8-33-22(40)6-12-38-26(44)16-20(31-3)29(38)47/h17-20,30-31H,5-16H2,1-4H3,(H,32,39)(H,33,40)(H,34,41)(H,35,42)(H,36,45). The number of ether oxygens (including phenoxy) is 1. The van der Waals surface area contributed by atoms with Gasteiger partial charge in [0.15, 0.2) is 0 Å². The number of imide groups is 2. The molecule has 7 N–H and O–H groups in total. The summed E-state index contributed by atoms with van der Waals surface area (Å²) >= 11 is 0. The van der Waals surface area contributed by atoms with Gasteiger partial charge < -0.3 is 42.0 Å². The average molecular weight is 682 g/mol. The lowest BCUT2D eigenvalue weighted by molar-refractivity contribution is -0.141. The van der Waals surface area contributed by atoms with E-state index in [0.717, 1.165) is 9.80 Å². The molecule has 9 amide bonds. The number of rotatable bonds is 21. The molecule has 2 saturated heterocycles. The molecule has 48 heavy (non-hydrogen) atoms. The van der Waals surface area contributed by atoms with Gasteiger partial charge in [0.1, 0.15) is 6.10 Å². The number of nitrogens with zero attached hydrogens (tertiary/aromatic N) is 2. The minimum atomic E-state index is -0.895. The summed E-state index contributed by atoms with van der Waals surface area (Å²) in [7, 11) is 4.49. The number of hydrogen-bond donors (Lipinski definition) is 7. The van der Waals surface area contributed by atoms with Crippen LogP contribution in [-0.2, 0) is 47.9 Å². The van der Waals surface area contributed by atoms with Crippen molar-refractivity contribution in [3.05, 3.63) is 0 Å². The fourth-order valence-electron chi connectivity index (χ4n) is 4.89. The monoisotopic (exact) mass is 681 g/mol. The van der Waals surface area contributed by atoms with Crippen molar-refractivity contribution in [3.8, 4) is 0 Å². The molecule has 19 nitrogen and oxygen atoms in total. The predicted molar refractivity (Wildman–Crippen MR) is 167 cm³/mol. The third-order valence-corrected chi connectivity index (χ3v) is 7.78. The molecule has 0 aromatic rings. The predicted octanol–water partition coefficient (Wildman–Crippen LogP) is -4.77. The molecule has 0 aromatic heterocycles. The first-order chi connectivity index (χ1) is 22.8. The Kier molecular flexibility index (Phi) is 16.5. The van der Waals surface area contributed by atoms with Crippen LogP contribution in [0.1, 0.15) is 45.4 Å². The average Bonchev–Trinajstić information content (AvgIpc) is 3.49. The van der Waals surface area contributed by atoms with Crippen LogP contribution < -0.4 is 37.2 Å². The molecule has 268 valence electrons. The van der Waals surface area contributed by atoms with Gasteiger partial charge in [0.05, 0.1) is 24.9 Å². The van der Waals surface area contributed by atoms with E-state index in [1.54, 1.807) is 14.1 Å². The molecule has 19 heteroatoms. The third kappa shape index (κ3) is 12.6. The summed E-state index contributed by atoms with van der Waals surface area (Å²) in [4.78, 5) is 112. The van der Waals surface area contributed by atoms with Crippen LogP contribution in [0.4, 0.5) is 0 Å². The number of nitrogens with one attached hydrogen (secondary N) is 7. The molecule has 2 heterocycles. The van der Waals surface area contributed by atoms with E-state index >= 15 is 0 Å². The minimum absolute atomic E-state index is 0.0432. The summed E-state index contributed by atoms with van der Waals surface area (Å²) in [5, 5.41) is 18.5. The SMILES string of the molecule is CNC1CC(=O)N(CCC(=O)NCCNC(=O)CC(CC(=O)NCCNC(=O)CCN2C(=O)CC(NC)C2=O)NC(=O)C(C)OC)C1=O. The van der Waals surface area contributed by atoms with Crippen molar-refractivity contribution in [3.63, 3.8) is 0 Å². The first-order valence-corrected chi connectivity index (χ1v) is 15.7. The van der Waals surface area contributed by atoms with Crippen LogP contribution in [0.3, 0.4) is 0 Å². The van der Waals surface area contributed by atoms with E-state index in [4.69, 9.17) is 4.74 Å². The maximum Gasteiger partial charge on any atom is 0.249 e. The Labute approximate surface area is 278 Å². The largest absolute Gasteiger partial charge is 0.372 e. The molecule has 0 saturated carbocycles. The lowest BCUT2D eigenvalue weighted by atomic mass is 10.1. The highest BCUT2D eigenvalue weighted by molar-refractivity contribution is 6.06. The van der Waals surface area contributed by atoms with Gasteiger partial charge in [-0.3, -0.25) is 53.0 Å². The molecule has 2 fully saturated rings. The molecule has 0 aromatic carbocycles. The molecular formula is C29H47N9O10. The van der Waals surface area contributed by atoms with E-state index < -0.39 is 53.8 Å². The summed E-state index contributed by atoms with van der Waals surface area (Å²) in [6.45, 7) is 1.62. The quantitative estimate of drug-likeness (QED) is 0.0445. The minimum Gasteiger partial charge on any atom is -0.372 e. The summed E-state index contributed by atoms with van der Waals surface area (Å²) in [5.74, 6) is -3.82. The van der Waals surface area contributed by atoms with Gasteiger partial charge in [0, 0.05) is 78.1 Å². The lowest BCUT2D eigenvalue weighted by Crippen LogP contribution is -2.46. The van der Waals surface area contributed by atoms with E-state index in [1.807, 2.05) is 0 Å². The van der Waals surface area contributed by atoms with E-state index in [-0.39, 0.29) is 101 Å². The number of likely N-dealkylation sites (N-methyl/N-ethyl adjacent to an activating group) is 2. The van der Waals surface area contributed by atoms with Gasteiger partial charge in [-0.2, -0.15) is 0 Å². The molecule has 3 atom stereocenters. The molecule has 3 unspecified atom stereocenters. The lowest BCUT2D eigenvalue weighted by Gasteiger charge is -2.20. The molecule has 2 aliphatic rings. The van der Waals surface area contributed by atoms with Crippen LogP contribution in [-0.4, -0.2) is 148 Å². The number of hydrogen-bond acceptors (Lipinski definition) is 12. The van der Waals surface area contributed by atoms with Crippen LogP contribution in [0.2, 0.25) is 0 Å². The highest BCUT2D eigenvalue weighted by atomic mass is 16.5. The Morgan fingerprint density at radius 3 is 1.40 bits per heavy atom. The maximum absolute atomic E-state index is 12.6. The van der Waals surface area contributed by atoms with Gasteiger partial charge in [0.25, 0.3) is 0 Å². The number of carbonyl (C=O) groups is 9. The fraction of sp³-hybridized carbons (Fsp3) is 0.690. The zero-order valence-corrected chi connectivity index (χ0v) is 27.8. The second-order valence-corrected chi connectivity index (χ2v) is 11.2. The van der Waals surface area contributed by atoms with Crippen LogP contribution in [0.5, 0.6) is 0 Å². The van der Waals surface area contributed by atoms with Crippen LogP contribution in [0.15, 0.2) is 0 Å². The number of methoxy groups -OCH3 is 1. The highest BCUT2D eigenvalue weighted by Crippen LogP contribution is 2.14. The molecule has 2 aliphatic heterocycles. The molecule has 0 bridgehead atoms. The van der Waals surface area contributed by atoms with Crippen molar-refractivity contribution in [1.29, 1.82) is 0 Å². The zero-order chi connectivity index (χ0) is 35.8. The van der Waals surface area contributed by atoms with Gasteiger partial charge in [0.2, 0.25) is 53.2 Å². The van der Waals surface area contributed by atoms with Crippen LogP contribution in [0.25, 0.3) is 0 Å². The van der Waals surface area contributed by atoms with Gasteiger partial charge in [-0.25, -0.2) is 0 Å². The van der Waals surface area contributed by atoms with Gasteiger partial charge in [-0.05, 0) is 21.0 Å². The van der Waals surface area contributed by atoms with Crippen molar-refractivity contribution in [2.75, 3.05) is 60.5 Å². The smallest absolute Gasteiger partial charge is 0.249 e. The Hall–Kier alpha value is -4.49.